The Bertz CT molecular complexity index is 402. The largest absolute Gasteiger partial charge is 0.0885 e. The lowest BCUT2D eigenvalue weighted by Crippen LogP contribution is -1.69. The van der Waals surface area contributed by atoms with Crippen molar-refractivity contribution >= 4 is 0 Å². The topological polar surface area (TPSA) is 0 Å². The molecule has 0 rings (SSSR count). The van der Waals surface area contributed by atoms with Gasteiger partial charge in [0.05, 0.1) is 0 Å². The van der Waals surface area contributed by atoms with Crippen molar-refractivity contribution < 1.29 is 0 Å². The summed E-state index contributed by atoms with van der Waals surface area (Å²) >= 11 is 0. The smallest absolute Gasteiger partial charge is 0.0169 e. The predicted molar refractivity (Wildman–Crippen MR) is 112 cm³/mol. The van der Waals surface area contributed by atoms with Crippen LogP contribution >= 0.6 is 0 Å². The molecule has 0 unspecified atom stereocenters. The molecule has 0 bridgehead atoms. The molecule has 24 heavy (non-hydrogen) atoms. The second-order valence-corrected chi connectivity index (χ2v) is 5.89. The molecule has 0 atom stereocenters. The van der Waals surface area contributed by atoms with Gasteiger partial charge in [0.2, 0.25) is 0 Å². The van der Waals surface area contributed by atoms with Gasteiger partial charge in [-0.3, -0.25) is 0 Å². The maximum atomic E-state index is 2.31. The molecule has 0 saturated carbocycles. The van der Waals surface area contributed by atoms with Gasteiger partial charge >= 0.3 is 0 Å². The average Bonchev–Trinajstić information content (AvgIpc) is 2.60. The minimum atomic E-state index is 1.04. The van der Waals surface area contributed by atoms with E-state index < -0.39 is 0 Å². The van der Waals surface area contributed by atoms with E-state index in [4.69, 9.17) is 0 Å². The van der Waals surface area contributed by atoms with Crippen LogP contribution in [0.1, 0.15) is 78.1 Å². The molecule has 0 aliphatic rings. The molecule has 0 aromatic heterocycles. The van der Waals surface area contributed by atoms with Gasteiger partial charge in [0, 0.05) is 0 Å². The van der Waals surface area contributed by atoms with E-state index in [0.717, 1.165) is 38.5 Å². The van der Waals surface area contributed by atoms with Crippen LogP contribution in [0.15, 0.2) is 72.9 Å². The maximum Gasteiger partial charge on any atom is -0.0169 e. The van der Waals surface area contributed by atoms with Crippen molar-refractivity contribution in [1.29, 1.82) is 0 Å². The van der Waals surface area contributed by atoms with Crippen LogP contribution in [0.4, 0.5) is 0 Å². The third kappa shape index (κ3) is 20.4. The Morgan fingerprint density at radius 1 is 0.375 bits per heavy atom. The molecule has 0 nitrogen and oxygen atoms in total. The Morgan fingerprint density at radius 3 is 1.12 bits per heavy atom. The fraction of sp³-hybridized carbons (Fsp3) is 0.500. The van der Waals surface area contributed by atoms with Crippen LogP contribution in [0.3, 0.4) is 0 Å². The molecule has 134 valence electrons. The lowest BCUT2D eigenvalue weighted by atomic mass is 10.2. The molecule has 0 saturated heterocycles. The molecule has 0 spiro atoms. The van der Waals surface area contributed by atoms with E-state index in [2.05, 4.69) is 86.8 Å². The molecule has 0 aromatic rings. The van der Waals surface area contributed by atoms with Crippen molar-refractivity contribution in [3.05, 3.63) is 72.9 Å². The molecule has 0 amide bonds. The fourth-order valence-corrected chi connectivity index (χ4v) is 2.12. The normalized spacial score (nSPS) is 13.2. The lowest BCUT2D eigenvalue weighted by molar-refractivity contribution is 0.941. The highest BCUT2D eigenvalue weighted by molar-refractivity contribution is 4.99. The first-order chi connectivity index (χ1) is 11.9. The third-order valence-corrected chi connectivity index (χ3v) is 3.51. The van der Waals surface area contributed by atoms with Gasteiger partial charge < -0.3 is 0 Å². The van der Waals surface area contributed by atoms with Crippen LogP contribution < -0.4 is 0 Å². The average molecular weight is 327 g/mol. The zero-order chi connectivity index (χ0) is 17.6. The zero-order valence-corrected chi connectivity index (χ0v) is 16.0. The quantitative estimate of drug-likeness (QED) is 0.210. The Labute approximate surface area is 151 Å². The van der Waals surface area contributed by atoms with Crippen LogP contribution in [0.25, 0.3) is 0 Å². The molecule has 0 fully saturated rings. The number of hydrogen-bond donors (Lipinski definition) is 0. The fourth-order valence-electron chi connectivity index (χ4n) is 2.12. The maximum absolute atomic E-state index is 2.31. The second-order valence-electron chi connectivity index (χ2n) is 5.89. The third-order valence-electron chi connectivity index (χ3n) is 3.51. The zero-order valence-electron chi connectivity index (χ0n) is 16.0. The summed E-state index contributed by atoms with van der Waals surface area (Å²) in [6, 6.07) is 0. The van der Waals surface area contributed by atoms with E-state index in [9.17, 15) is 0 Å². The van der Waals surface area contributed by atoms with Crippen LogP contribution in [-0.4, -0.2) is 0 Å². The number of rotatable bonds is 15. The molecule has 0 aliphatic heterocycles. The second kappa shape index (κ2) is 21.4. The molecule has 0 aliphatic carbocycles. The van der Waals surface area contributed by atoms with E-state index in [1.807, 2.05) is 0 Å². The minimum absolute atomic E-state index is 1.04. The summed E-state index contributed by atoms with van der Waals surface area (Å²) in [4.78, 5) is 0. The van der Waals surface area contributed by atoms with Crippen molar-refractivity contribution in [2.75, 3.05) is 0 Å². The van der Waals surface area contributed by atoms with Crippen LogP contribution in [0.2, 0.25) is 0 Å². The molecule has 0 N–H and O–H groups in total. The predicted octanol–water partition coefficient (Wildman–Crippen LogP) is 8.26. The van der Waals surface area contributed by atoms with Crippen molar-refractivity contribution in [2.45, 2.75) is 78.1 Å². The van der Waals surface area contributed by atoms with E-state index in [0.29, 0.717) is 0 Å². The van der Waals surface area contributed by atoms with Crippen molar-refractivity contribution in [3.63, 3.8) is 0 Å². The summed E-state index contributed by atoms with van der Waals surface area (Å²) in [7, 11) is 0. The summed E-state index contributed by atoms with van der Waals surface area (Å²) in [6.45, 7) is 4.39. The Balaban J connectivity index is 3.42. The van der Waals surface area contributed by atoms with Gasteiger partial charge in [-0.25, -0.2) is 0 Å². The summed E-state index contributed by atoms with van der Waals surface area (Å²) in [5.74, 6) is 0. The highest BCUT2D eigenvalue weighted by Gasteiger charge is 1.80. The molecule has 0 heterocycles. The summed E-state index contributed by atoms with van der Waals surface area (Å²) in [5.41, 5.74) is 0. The van der Waals surface area contributed by atoms with E-state index in [-0.39, 0.29) is 0 Å². The molecule has 0 heteroatoms. The van der Waals surface area contributed by atoms with E-state index in [1.165, 1.54) is 25.7 Å². The minimum Gasteiger partial charge on any atom is -0.0885 e. The highest BCUT2D eigenvalue weighted by atomic mass is 13.9. The lowest BCUT2D eigenvalue weighted by Gasteiger charge is -1.89. The molecular formula is C24H38. The molecule has 0 aromatic carbocycles. The summed E-state index contributed by atoms with van der Waals surface area (Å²) < 4.78 is 0. The SMILES string of the molecule is CCC=CCC=CCC=CCC=CCCC=CCCC=CCCC. The van der Waals surface area contributed by atoms with Crippen molar-refractivity contribution in [2.24, 2.45) is 0 Å². The van der Waals surface area contributed by atoms with Crippen LogP contribution in [0.5, 0.6) is 0 Å². The van der Waals surface area contributed by atoms with Gasteiger partial charge in [-0.1, -0.05) is 93.2 Å². The Hall–Kier alpha value is -1.56. The number of unbranched alkanes of at least 4 members (excludes halogenated alkanes) is 3. The van der Waals surface area contributed by atoms with Gasteiger partial charge in [0.15, 0.2) is 0 Å². The monoisotopic (exact) mass is 326 g/mol. The van der Waals surface area contributed by atoms with Gasteiger partial charge in [-0.2, -0.15) is 0 Å². The van der Waals surface area contributed by atoms with Gasteiger partial charge in [-0.15, -0.1) is 0 Å². The first kappa shape index (κ1) is 22.4. The Kier molecular flexibility index (Phi) is 20.0. The number of allylic oxidation sites excluding steroid dienone is 12. The van der Waals surface area contributed by atoms with Gasteiger partial charge in [-0.05, 0) is 57.8 Å². The van der Waals surface area contributed by atoms with Gasteiger partial charge in [0.25, 0.3) is 0 Å². The van der Waals surface area contributed by atoms with E-state index >= 15 is 0 Å². The van der Waals surface area contributed by atoms with Gasteiger partial charge in [0.1, 0.15) is 0 Å². The standard InChI is InChI=1S/C24H38/c1-3-5-7-9-11-13-15-17-19-21-23-24-22-20-18-16-14-12-10-8-6-4-2/h5,7-8,10-11,13,16-19,23-24H,3-4,6,9,12,14-15,20-22H2,1-2H3. The highest BCUT2D eigenvalue weighted by Crippen LogP contribution is 2.00. The van der Waals surface area contributed by atoms with Crippen molar-refractivity contribution in [3.8, 4) is 0 Å². The van der Waals surface area contributed by atoms with Crippen LogP contribution in [-0.2, 0) is 0 Å². The van der Waals surface area contributed by atoms with Crippen LogP contribution in [0, 0.1) is 0 Å². The molecule has 0 radical (unpaired) electrons. The summed E-state index contributed by atoms with van der Waals surface area (Å²) in [6.07, 6.45) is 38.6. The summed E-state index contributed by atoms with van der Waals surface area (Å²) in [5, 5.41) is 0. The van der Waals surface area contributed by atoms with E-state index in [1.54, 1.807) is 0 Å². The Morgan fingerprint density at radius 2 is 0.708 bits per heavy atom. The number of hydrogen-bond acceptors (Lipinski definition) is 0. The first-order valence-electron chi connectivity index (χ1n) is 9.81. The molecular weight excluding hydrogens is 288 g/mol. The van der Waals surface area contributed by atoms with Crippen molar-refractivity contribution in [1.82, 2.24) is 0 Å². The first-order valence-corrected chi connectivity index (χ1v) is 9.81.